The van der Waals surface area contributed by atoms with Crippen molar-refractivity contribution in [3.05, 3.63) is 41.4 Å². The zero-order chi connectivity index (χ0) is 31.4. The number of carboxylic acid groups (broad SMARTS) is 2. The molecule has 2 saturated heterocycles. The third kappa shape index (κ3) is 11.0. The number of hydrogen-bond acceptors (Lipinski definition) is 7. The number of benzene rings is 1. The first kappa shape index (κ1) is 35.2. The minimum Gasteiger partial charge on any atom is -0.478 e. The fraction of sp³-hybridized carbons (Fsp3) is 0.600. The van der Waals surface area contributed by atoms with Crippen molar-refractivity contribution in [2.24, 2.45) is 11.8 Å². The highest BCUT2D eigenvalue weighted by atomic mass is 35.5. The first-order valence-electron chi connectivity index (χ1n) is 14.3. The lowest BCUT2D eigenvalue weighted by Crippen LogP contribution is -2.67. The number of amides is 2. The van der Waals surface area contributed by atoms with Gasteiger partial charge in [-0.25, -0.2) is 9.59 Å². The van der Waals surface area contributed by atoms with Crippen molar-refractivity contribution in [2.75, 3.05) is 44.3 Å². The average molecular weight is 609 g/mol. The maximum Gasteiger partial charge on any atom is 0.328 e. The summed E-state index contributed by atoms with van der Waals surface area (Å²) in [5.41, 5.74) is 0.499. The van der Waals surface area contributed by atoms with E-state index in [0.29, 0.717) is 55.9 Å². The summed E-state index contributed by atoms with van der Waals surface area (Å²) in [5, 5.41) is 22.9. The maximum atomic E-state index is 13.2. The molecule has 42 heavy (non-hydrogen) atoms. The second-order valence-electron chi connectivity index (χ2n) is 11.6. The molecule has 0 radical (unpaired) electrons. The van der Waals surface area contributed by atoms with Crippen molar-refractivity contribution in [1.82, 2.24) is 15.5 Å². The van der Waals surface area contributed by atoms with E-state index in [1.807, 2.05) is 31.2 Å². The lowest BCUT2D eigenvalue weighted by Gasteiger charge is -2.51. The van der Waals surface area contributed by atoms with Crippen LogP contribution >= 0.6 is 11.6 Å². The van der Waals surface area contributed by atoms with Crippen LogP contribution in [0.1, 0.15) is 47.5 Å². The van der Waals surface area contributed by atoms with Crippen molar-refractivity contribution in [1.29, 1.82) is 0 Å². The van der Waals surface area contributed by atoms with Gasteiger partial charge in [0.05, 0.1) is 35.8 Å². The van der Waals surface area contributed by atoms with E-state index in [1.54, 1.807) is 4.90 Å². The van der Waals surface area contributed by atoms with Crippen LogP contribution in [0.2, 0.25) is 5.02 Å². The number of hydrogen-bond donors (Lipinski definition) is 4. The number of halogens is 1. The zero-order valence-electron chi connectivity index (χ0n) is 25.1. The van der Waals surface area contributed by atoms with Crippen LogP contribution in [0.3, 0.4) is 0 Å². The van der Waals surface area contributed by atoms with E-state index in [9.17, 15) is 19.2 Å². The molecule has 1 aromatic carbocycles. The molecule has 2 fully saturated rings. The average Bonchev–Trinajstić information content (AvgIpc) is 2.92. The molecule has 2 aliphatic rings. The summed E-state index contributed by atoms with van der Waals surface area (Å²) < 4.78 is 5.60. The molecule has 3 atom stereocenters. The Kier molecular flexibility index (Phi) is 13.9. The second kappa shape index (κ2) is 16.6. The van der Waals surface area contributed by atoms with Gasteiger partial charge in [-0.15, -0.1) is 0 Å². The predicted molar refractivity (Wildman–Crippen MR) is 162 cm³/mol. The van der Waals surface area contributed by atoms with E-state index < -0.39 is 11.9 Å². The molecule has 0 spiro atoms. The van der Waals surface area contributed by atoms with Crippen LogP contribution in [0.5, 0.6) is 0 Å². The molecule has 12 heteroatoms. The Morgan fingerprint density at radius 2 is 1.81 bits per heavy atom. The number of carbonyl (C=O) groups is 4. The summed E-state index contributed by atoms with van der Waals surface area (Å²) in [7, 11) is 0. The number of carbonyl (C=O) groups excluding carboxylic acids is 2. The van der Waals surface area contributed by atoms with Gasteiger partial charge in [0.1, 0.15) is 0 Å². The molecule has 0 aromatic heterocycles. The van der Waals surface area contributed by atoms with Crippen LogP contribution in [0.4, 0.5) is 5.69 Å². The lowest BCUT2D eigenvalue weighted by atomic mass is 9.88. The van der Waals surface area contributed by atoms with Crippen LogP contribution in [-0.4, -0.2) is 95.9 Å². The largest absolute Gasteiger partial charge is 0.478 e. The smallest absolute Gasteiger partial charge is 0.328 e. The SMILES string of the molecule is CCOC[C@@H](CC(C)C)NC(=O)[C@@H]1CNC[C@H](N2CC(=O)N(c3ccccc3Cl)CC2(C)C)C1.O=C(O)/C=C/C(=O)O. The van der Waals surface area contributed by atoms with Crippen LogP contribution in [0.15, 0.2) is 36.4 Å². The molecule has 2 heterocycles. The maximum absolute atomic E-state index is 13.2. The molecule has 11 nitrogen and oxygen atoms in total. The molecule has 0 unspecified atom stereocenters. The lowest BCUT2D eigenvalue weighted by molar-refractivity contribution is -0.134. The van der Waals surface area contributed by atoms with Crippen LogP contribution < -0.4 is 15.5 Å². The third-order valence-corrected chi connectivity index (χ3v) is 7.52. The molecule has 4 N–H and O–H groups in total. The third-order valence-electron chi connectivity index (χ3n) is 7.21. The van der Waals surface area contributed by atoms with E-state index in [2.05, 4.69) is 43.2 Å². The quantitative estimate of drug-likeness (QED) is 0.278. The normalized spacial score (nSPS) is 21.5. The van der Waals surface area contributed by atoms with Crippen molar-refractivity contribution in [3.63, 3.8) is 0 Å². The first-order chi connectivity index (χ1) is 19.7. The van der Waals surface area contributed by atoms with E-state index in [4.69, 9.17) is 26.6 Å². The number of anilines is 1. The van der Waals surface area contributed by atoms with Crippen molar-refractivity contribution in [3.8, 4) is 0 Å². The number of piperazine rings is 1. The summed E-state index contributed by atoms with van der Waals surface area (Å²) >= 11 is 6.39. The molecule has 2 amide bonds. The van der Waals surface area contributed by atoms with Gasteiger partial charge in [-0.2, -0.15) is 0 Å². The summed E-state index contributed by atoms with van der Waals surface area (Å²) in [6, 6.07) is 7.61. The number of aliphatic carboxylic acids is 2. The molecule has 1 aromatic rings. The van der Waals surface area contributed by atoms with Gasteiger partial charge in [-0.3, -0.25) is 14.5 Å². The van der Waals surface area contributed by atoms with Crippen LogP contribution in [0, 0.1) is 11.8 Å². The first-order valence-corrected chi connectivity index (χ1v) is 14.7. The van der Waals surface area contributed by atoms with E-state index in [0.717, 1.165) is 25.1 Å². The Morgan fingerprint density at radius 3 is 2.38 bits per heavy atom. The van der Waals surface area contributed by atoms with Gasteiger partial charge in [0, 0.05) is 50.0 Å². The molecule has 234 valence electrons. The summed E-state index contributed by atoms with van der Waals surface area (Å²) in [6.45, 7) is 14.1. The Bertz CT molecular complexity index is 1090. The number of carboxylic acids is 2. The Hall–Kier alpha value is -2.99. The van der Waals surface area contributed by atoms with Gasteiger partial charge in [0.15, 0.2) is 0 Å². The molecular formula is C30H45ClN4O7. The Morgan fingerprint density at radius 1 is 1.17 bits per heavy atom. The number of para-hydroxylation sites is 1. The Labute approximate surface area is 253 Å². The minimum absolute atomic E-state index is 0.0185. The number of rotatable bonds is 11. The van der Waals surface area contributed by atoms with Crippen molar-refractivity contribution < 1.29 is 34.1 Å². The molecule has 0 aliphatic carbocycles. The van der Waals surface area contributed by atoms with Gasteiger partial charge < -0.3 is 30.5 Å². The highest BCUT2D eigenvalue weighted by Crippen LogP contribution is 2.33. The standard InChI is InChI=1S/C26H41ClN4O3.C4H4O4/c1-6-34-16-20(11-18(2)3)29-25(33)19-12-21(14-28-13-19)31-15-24(32)30(17-26(31,4)5)23-10-8-7-9-22(23)27;5-3(6)1-2-4(7)8/h7-10,18-21,28H,6,11-17H2,1-5H3,(H,29,33);1-2H,(H,5,6)(H,7,8)/b;2-1+/t19-,20+,21+;/m0./s1. The molecule has 0 saturated carbocycles. The van der Waals surface area contributed by atoms with E-state index in [-0.39, 0.29) is 35.4 Å². The summed E-state index contributed by atoms with van der Waals surface area (Å²) in [6.07, 6.45) is 2.73. The topological polar surface area (TPSA) is 149 Å². The van der Waals surface area contributed by atoms with Gasteiger partial charge in [-0.1, -0.05) is 37.6 Å². The second-order valence-corrected chi connectivity index (χ2v) is 12.0. The molecular weight excluding hydrogens is 564 g/mol. The number of nitrogens with zero attached hydrogens (tertiary/aromatic N) is 2. The molecule has 3 rings (SSSR count). The van der Waals surface area contributed by atoms with Gasteiger partial charge in [0.25, 0.3) is 0 Å². The fourth-order valence-corrected chi connectivity index (χ4v) is 5.58. The van der Waals surface area contributed by atoms with Gasteiger partial charge in [-0.05, 0) is 51.7 Å². The van der Waals surface area contributed by atoms with Crippen LogP contribution in [0.25, 0.3) is 0 Å². The van der Waals surface area contributed by atoms with Crippen LogP contribution in [-0.2, 0) is 23.9 Å². The zero-order valence-corrected chi connectivity index (χ0v) is 25.9. The highest BCUT2D eigenvalue weighted by molar-refractivity contribution is 6.33. The van der Waals surface area contributed by atoms with Gasteiger partial charge >= 0.3 is 11.9 Å². The highest BCUT2D eigenvalue weighted by Gasteiger charge is 2.44. The summed E-state index contributed by atoms with van der Waals surface area (Å²) in [5.74, 6) is -2.07. The minimum atomic E-state index is -1.26. The summed E-state index contributed by atoms with van der Waals surface area (Å²) in [4.78, 5) is 49.5. The van der Waals surface area contributed by atoms with Crippen molar-refractivity contribution >= 4 is 41.0 Å². The molecule has 2 aliphatic heterocycles. The monoisotopic (exact) mass is 608 g/mol. The fourth-order valence-electron chi connectivity index (χ4n) is 5.34. The Balaban J connectivity index is 0.000000675. The van der Waals surface area contributed by atoms with Gasteiger partial charge in [0.2, 0.25) is 11.8 Å². The van der Waals surface area contributed by atoms with Crippen molar-refractivity contribution in [2.45, 2.75) is 65.1 Å². The number of ether oxygens (including phenoxy) is 1. The van der Waals surface area contributed by atoms with E-state index in [1.165, 1.54) is 0 Å². The number of nitrogens with one attached hydrogen (secondary N) is 2. The van der Waals surface area contributed by atoms with E-state index >= 15 is 0 Å². The predicted octanol–water partition coefficient (Wildman–Crippen LogP) is 3.02. The number of piperidine rings is 1. The molecule has 0 bridgehead atoms.